The summed E-state index contributed by atoms with van der Waals surface area (Å²) in [6.45, 7) is 4.46. The highest BCUT2D eigenvalue weighted by Gasteiger charge is 2.19. The number of hydrogen-bond acceptors (Lipinski definition) is 7. The predicted molar refractivity (Wildman–Crippen MR) is 128 cm³/mol. The second-order valence-electron chi connectivity index (χ2n) is 6.55. The summed E-state index contributed by atoms with van der Waals surface area (Å²) in [7, 11) is 0. The Kier molecular flexibility index (Phi) is 6.23. The van der Waals surface area contributed by atoms with Crippen LogP contribution in [-0.4, -0.2) is 26.5 Å². The molecule has 0 saturated carbocycles. The van der Waals surface area contributed by atoms with E-state index >= 15 is 0 Å². The van der Waals surface area contributed by atoms with Gasteiger partial charge in [0, 0.05) is 5.69 Å². The van der Waals surface area contributed by atoms with Crippen molar-refractivity contribution in [2.45, 2.75) is 19.0 Å². The fourth-order valence-electron chi connectivity index (χ4n) is 3.24. The number of fused-ring (bicyclic) bond motifs is 1. The Morgan fingerprint density at radius 3 is 2.61 bits per heavy atom. The zero-order valence-corrected chi connectivity index (χ0v) is 19.3. The Morgan fingerprint density at radius 1 is 1.19 bits per heavy atom. The lowest BCUT2D eigenvalue weighted by atomic mass is 10.2. The summed E-state index contributed by atoms with van der Waals surface area (Å²) in [5.74, 6) is 0.940. The topological polar surface area (TPSA) is 72.8 Å². The molecule has 0 amide bonds. The number of nitrogens with zero attached hydrogens (tertiary/aromatic N) is 4. The lowest BCUT2D eigenvalue weighted by Crippen LogP contribution is -2.22. The largest absolute Gasteiger partial charge is 0.494 e. The van der Waals surface area contributed by atoms with Crippen LogP contribution in [0.25, 0.3) is 21.7 Å². The van der Waals surface area contributed by atoms with Crippen molar-refractivity contribution in [2.75, 3.05) is 12.4 Å². The van der Waals surface area contributed by atoms with Gasteiger partial charge in [-0.3, -0.25) is 13.9 Å². The van der Waals surface area contributed by atoms with Crippen LogP contribution in [-0.2, 0) is 0 Å². The number of thiazole rings is 1. The maximum atomic E-state index is 13.6. The monoisotopic (exact) mass is 466 g/mol. The Hall–Kier alpha value is -2.93. The highest BCUT2D eigenvalue weighted by Crippen LogP contribution is 2.28. The summed E-state index contributed by atoms with van der Waals surface area (Å²) in [6, 6.07) is 17.3. The van der Waals surface area contributed by atoms with Gasteiger partial charge in [-0.05, 0) is 62.0 Å². The molecule has 0 fully saturated rings. The van der Waals surface area contributed by atoms with Gasteiger partial charge in [-0.1, -0.05) is 41.3 Å². The third-order valence-corrected chi connectivity index (χ3v) is 6.76. The zero-order chi connectivity index (χ0) is 22.0. The van der Waals surface area contributed by atoms with Gasteiger partial charge >= 0.3 is 0 Å². The molecule has 0 atom stereocenters. The van der Waals surface area contributed by atoms with Gasteiger partial charge in [0.15, 0.2) is 14.8 Å². The van der Waals surface area contributed by atoms with E-state index in [-0.39, 0.29) is 11.3 Å². The van der Waals surface area contributed by atoms with Gasteiger partial charge in [0.05, 0.1) is 24.1 Å². The SMILES string of the molecule is CCOc1ccc(-n2c(=S)sc3c(=O)n(-c4ccccc4C)c(SCC#N)nc32)cc1. The summed E-state index contributed by atoms with van der Waals surface area (Å²) in [5.41, 5.74) is 2.79. The Labute approximate surface area is 192 Å². The zero-order valence-electron chi connectivity index (χ0n) is 16.9. The standard InChI is InChI=1S/C22H18N4O2S3/c1-3-28-16-10-8-15(9-11-16)25-19-18(31-22(25)29)20(27)26(21(24-19)30-13-12-23)17-7-5-4-6-14(17)2/h4-11H,3,13H2,1-2H3. The summed E-state index contributed by atoms with van der Waals surface area (Å²) in [5, 5.41) is 9.57. The van der Waals surface area contributed by atoms with Gasteiger partial charge in [-0.15, -0.1) is 0 Å². The van der Waals surface area contributed by atoms with Gasteiger partial charge < -0.3 is 4.74 Å². The molecule has 0 N–H and O–H groups in total. The molecule has 2 aromatic carbocycles. The third-order valence-electron chi connectivity index (χ3n) is 4.61. The van der Waals surface area contributed by atoms with Gasteiger partial charge in [0.1, 0.15) is 10.4 Å². The minimum absolute atomic E-state index is 0.178. The van der Waals surface area contributed by atoms with Crippen molar-refractivity contribution in [1.29, 1.82) is 5.26 Å². The summed E-state index contributed by atoms with van der Waals surface area (Å²) in [6.07, 6.45) is 0. The van der Waals surface area contributed by atoms with Gasteiger partial charge in [0.25, 0.3) is 5.56 Å². The van der Waals surface area contributed by atoms with Crippen molar-refractivity contribution < 1.29 is 4.74 Å². The van der Waals surface area contributed by atoms with Crippen molar-refractivity contribution in [3.05, 3.63) is 68.4 Å². The molecule has 156 valence electrons. The van der Waals surface area contributed by atoms with Crippen LogP contribution in [0, 0.1) is 22.2 Å². The van der Waals surface area contributed by atoms with E-state index in [0.29, 0.717) is 26.1 Å². The van der Waals surface area contributed by atoms with Crippen molar-refractivity contribution in [3.8, 4) is 23.2 Å². The highest BCUT2D eigenvalue weighted by atomic mass is 32.2. The molecule has 0 aliphatic carbocycles. The number of hydrogen-bond donors (Lipinski definition) is 0. The Morgan fingerprint density at radius 2 is 1.94 bits per heavy atom. The maximum Gasteiger partial charge on any atom is 0.278 e. The molecule has 0 aliphatic rings. The molecular weight excluding hydrogens is 448 g/mol. The molecule has 9 heteroatoms. The van der Waals surface area contributed by atoms with Crippen LogP contribution in [0.2, 0.25) is 0 Å². The molecule has 0 bridgehead atoms. The van der Waals surface area contributed by atoms with E-state index in [1.165, 1.54) is 23.1 Å². The Bertz CT molecular complexity index is 1410. The van der Waals surface area contributed by atoms with Gasteiger partial charge in [-0.2, -0.15) is 5.26 Å². The van der Waals surface area contributed by atoms with Crippen molar-refractivity contribution in [1.82, 2.24) is 14.1 Å². The Balaban J connectivity index is 1.98. The average Bonchev–Trinajstić information content (AvgIpc) is 3.10. The first kappa shape index (κ1) is 21.3. The van der Waals surface area contributed by atoms with Crippen LogP contribution in [0.1, 0.15) is 12.5 Å². The number of rotatable bonds is 6. The minimum atomic E-state index is -0.194. The van der Waals surface area contributed by atoms with E-state index in [1.54, 1.807) is 9.13 Å². The maximum absolute atomic E-state index is 13.6. The van der Waals surface area contributed by atoms with Crippen LogP contribution >= 0.6 is 35.3 Å². The van der Waals surface area contributed by atoms with E-state index in [9.17, 15) is 4.79 Å². The number of para-hydroxylation sites is 1. The predicted octanol–water partition coefficient (Wildman–Crippen LogP) is 5.29. The fourth-order valence-corrected chi connectivity index (χ4v) is 5.20. The van der Waals surface area contributed by atoms with E-state index in [1.807, 2.05) is 62.4 Å². The fraction of sp³-hybridized carbons (Fsp3) is 0.182. The quantitative estimate of drug-likeness (QED) is 0.218. The third kappa shape index (κ3) is 4.02. The normalized spacial score (nSPS) is 10.9. The molecule has 4 rings (SSSR count). The average molecular weight is 467 g/mol. The minimum Gasteiger partial charge on any atom is -0.494 e. The van der Waals surface area contributed by atoms with Gasteiger partial charge in [0.2, 0.25) is 0 Å². The van der Waals surface area contributed by atoms with Gasteiger partial charge in [-0.25, -0.2) is 4.98 Å². The lowest BCUT2D eigenvalue weighted by Gasteiger charge is -2.14. The number of aryl methyl sites for hydroxylation is 1. The second-order valence-corrected chi connectivity index (χ2v) is 9.14. The van der Waals surface area contributed by atoms with Crippen molar-refractivity contribution in [3.63, 3.8) is 0 Å². The number of nitriles is 1. The number of benzene rings is 2. The number of aromatic nitrogens is 3. The number of thioether (sulfide) groups is 1. The van der Waals surface area contributed by atoms with Crippen molar-refractivity contribution >= 4 is 45.7 Å². The lowest BCUT2D eigenvalue weighted by molar-refractivity contribution is 0.340. The molecule has 0 radical (unpaired) electrons. The highest BCUT2D eigenvalue weighted by molar-refractivity contribution is 7.99. The summed E-state index contributed by atoms with van der Waals surface area (Å²) >= 11 is 8.07. The first-order chi connectivity index (χ1) is 15.0. The second kappa shape index (κ2) is 9.06. The molecule has 0 spiro atoms. The van der Waals surface area contributed by atoms with E-state index in [4.69, 9.17) is 27.2 Å². The van der Waals surface area contributed by atoms with E-state index in [2.05, 4.69) is 6.07 Å². The van der Waals surface area contributed by atoms with Crippen LogP contribution in [0.3, 0.4) is 0 Å². The van der Waals surface area contributed by atoms with E-state index < -0.39 is 0 Å². The van der Waals surface area contributed by atoms with Crippen molar-refractivity contribution in [2.24, 2.45) is 0 Å². The molecule has 2 aromatic heterocycles. The molecular formula is C22H18N4O2S3. The summed E-state index contributed by atoms with van der Waals surface area (Å²) in [4.78, 5) is 18.4. The molecule has 0 saturated heterocycles. The van der Waals surface area contributed by atoms with E-state index in [0.717, 1.165) is 22.7 Å². The molecule has 0 unspecified atom stereocenters. The molecule has 31 heavy (non-hydrogen) atoms. The van der Waals surface area contributed by atoms with Crippen LogP contribution in [0.4, 0.5) is 0 Å². The molecule has 0 aliphatic heterocycles. The first-order valence-electron chi connectivity index (χ1n) is 9.52. The summed E-state index contributed by atoms with van der Waals surface area (Å²) < 4.78 is 9.90. The molecule has 4 aromatic rings. The first-order valence-corrected chi connectivity index (χ1v) is 11.7. The van der Waals surface area contributed by atoms with Crippen LogP contribution in [0.5, 0.6) is 5.75 Å². The van der Waals surface area contributed by atoms with Crippen LogP contribution in [0.15, 0.2) is 58.5 Å². The molecule has 2 heterocycles. The smallest absolute Gasteiger partial charge is 0.278 e. The molecule has 6 nitrogen and oxygen atoms in total. The van der Waals surface area contributed by atoms with Crippen LogP contribution < -0.4 is 10.3 Å². The number of ether oxygens (including phenoxy) is 1.